The normalized spacial score (nSPS) is 12.5. The van der Waals surface area contributed by atoms with Gasteiger partial charge in [0.2, 0.25) is 5.91 Å². The van der Waals surface area contributed by atoms with Gasteiger partial charge in [-0.3, -0.25) is 9.89 Å². The molecule has 0 saturated carbocycles. The zero-order chi connectivity index (χ0) is 9.68. The first kappa shape index (κ1) is 9.73. The van der Waals surface area contributed by atoms with Crippen LogP contribution in [0.5, 0.6) is 0 Å². The largest absolute Gasteiger partial charge is 0.323 e. The second-order valence-electron chi connectivity index (χ2n) is 2.93. The number of hydrogen-bond acceptors (Lipinski definition) is 3. The summed E-state index contributed by atoms with van der Waals surface area (Å²) in [5.41, 5.74) is 0.702. The molecule has 1 amide bonds. The van der Waals surface area contributed by atoms with E-state index in [0.29, 0.717) is 12.1 Å². The predicted octanol–water partition coefficient (Wildman–Crippen LogP) is 0.346. The summed E-state index contributed by atoms with van der Waals surface area (Å²) in [6, 6.07) is 0.187. The quantitative estimate of drug-likeness (QED) is 0.629. The molecule has 1 rings (SSSR count). The molecule has 0 bridgehead atoms. The smallest absolute Gasteiger partial charge is 0.226 e. The third kappa shape index (κ3) is 3.25. The van der Waals surface area contributed by atoms with Crippen molar-refractivity contribution >= 4 is 11.6 Å². The fourth-order valence-corrected chi connectivity index (χ4v) is 0.911. The highest BCUT2D eigenvalue weighted by molar-refractivity contribution is 5.90. The molecule has 0 aliphatic carbocycles. The minimum absolute atomic E-state index is 0.0109. The molecule has 3 N–H and O–H groups in total. The number of aromatic amines is 1. The van der Waals surface area contributed by atoms with Crippen molar-refractivity contribution in [3.63, 3.8) is 0 Å². The van der Waals surface area contributed by atoms with Crippen molar-refractivity contribution in [3.8, 4) is 0 Å². The van der Waals surface area contributed by atoms with Gasteiger partial charge in [-0.05, 0) is 14.0 Å². The lowest BCUT2D eigenvalue weighted by Gasteiger charge is -2.08. The first-order valence-corrected chi connectivity index (χ1v) is 4.18. The predicted molar refractivity (Wildman–Crippen MR) is 50.4 cm³/mol. The summed E-state index contributed by atoms with van der Waals surface area (Å²) in [5.74, 6) is -0.0109. The molecule has 0 radical (unpaired) electrons. The molecule has 0 aliphatic heterocycles. The highest BCUT2D eigenvalue weighted by atomic mass is 16.1. The van der Waals surface area contributed by atoms with Gasteiger partial charge in [0.1, 0.15) is 0 Å². The van der Waals surface area contributed by atoms with E-state index in [2.05, 4.69) is 20.8 Å². The third-order valence-corrected chi connectivity index (χ3v) is 1.77. The van der Waals surface area contributed by atoms with Crippen molar-refractivity contribution in [1.82, 2.24) is 15.5 Å². The first-order valence-electron chi connectivity index (χ1n) is 4.18. The molecule has 0 saturated heterocycles. The van der Waals surface area contributed by atoms with E-state index in [1.807, 2.05) is 14.0 Å². The lowest BCUT2D eigenvalue weighted by Crippen LogP contribution is -2.27. The number of hydrogen-bond donors (Lipinski definition) is 3. The first-order chi connectivity index (χ1) is 6.22. The Morgan fingerprint density at radius 2 is 2.54 bits per heavy atom. The Morgan fingerprint density at radius 3 is 3.08 bits per heavy atom. The molecule has 72 valence electrons. The minimum Gasteiger partial charge on any atom is -0.323 e. The maximum absolute atomic E-state index is 11.3. The number of rotatable bonds is 4. The average molecular weight is 182 g/mol. The van der Waals surface area contributed by atoms with Gasteiger partial charge in [0.25, 0.3) is 0 Å². The van der Waals surface area contributed by atoms with Crippen molar-refractivity contribution in [2.75, 3.05) is 12.4 Å². The molecule has 0 fully saturated rings. The summed E-state index contributed by atoms with van der Waals surface area (Å²) in [7, 11) is 1.83. The van der Waals surface area contributed by atoms with Gasteiger partial charge in [0.15, 0.2) is 0 Å². The molecular formula is C8H14N4O. The molecule has 0 aromatic carbocycles. The number of nitrogens with one attached hydrogen (secondary N) is 3. The lowest BCUT2D eigenvalue weighted by molar-refractivity contribution is -0.116. The van der Waals surface area contributed by atoms with Crippen LogP contribution in [-0.2, 0) is 4.79 Å². The monoisotopic (exact) mass is 182 g/mol. The number of aromatic nitrogens is 2. The van der Waals surface area contributed by atoms with E-state index in [1.54, 1.807) is 12.4 Å². The summed E-state index contributed by atoms with van der Waals surface area (Å²) in [4.78, 5) is 11.3. The summed E-state index contributed by atoms with van der Waals surface area (Å²) in [6.07, 6.45) is 3.67. The van der Waals surface area contributed by atoms with Crippen molar-refractivity contribution in [1.29, 1.82) is 0 Å². The van der Waals surface area contributed by atoms with E-state index in [-0.39, 0.29) is 11.9 Å². The van der Waals surface area contributed by atoms with E-state index < -0.39 is 0 Å². The van der Waals surface area contributed by atoms with E-state index in [4.69, 9.17) is 0 Å². The molecule has 0 aliphatic rings. The number of anilines is 1. The summed E-state index contributed by atoms with van der Waals surface area (Å²) in [5, 5.41) is 12.0. The molecule has 1 atom stereocenters. The second-order valence-corrected chi connectivity index (χ2v) is 2.93. The van der Waals surface area contributed by atoms with E-state index in [9.17, 15) is 4.79 Å². The molecule has 1 unspecified atom stereocenters. The van der Waals surface area contributed by atoms with Gasteiger partial charge in [-0.25, -0.2) is 0 Å². The molecule has 1 heterocycles. The summed E-state index contributed by atoms with van der Waals surface area (Å²) >= 11 is 0. The van der Waals surface area contributed by atoms with E-state index in [1.165, 1.54) is 0 Å². The second kappa shape index (κ2) is 4.61. The lowest BCUT2D eigenvalue weighted by atomic mass is 10.2. The molecule has 1 aromatic heterocycles. The van der Waals surface area contributed by atoms with Crippen LogP contribution in [0.15, 0.2) is 12.4 Å². The topological polar surface area (TPSA) is 69.8 Å². The van der Waals surface area contributed by atoms with Crippen molar-refractivity contribution in [2.24, 2.45) is 0 Å². The van der Waals surface area contributed by atoms with Crippen LogP contribution in [0.25, 0.3) is 0 Å². The fraction of sp³-hybridized carbons (Fsp3) is 0.500. The van der Waals surface area contributed by atoms with Crippen LogP contribution in [0.1, 0.15) is 13.3 Å². The Labute approximate surface area is 76.9 Å². The number of nitrogens with zero attached hydrogens (tertiary/aromatic N) is 1. The zero-order valence-electron chi connectivity index (χ0n) is 7.79. The SMILES string of the molecule is CNC(C)CC(=O)Nc1cn[nH]c1. The van der Waals surface area contributed by atoms with Crippen molar-refractivity contribution in [2.45, 2.75) is 19.4 Å². The van der Waals surface area contributed by atoms with Crippen LogP contribution >= 0.6 is 0 Å². The number of H-pyrrole nitrogens is 1. The maximum atomic E-state index is 11.3. The van der Waals surface area contributed by atoms with E-state index >= 15 is 0 Å². The van der Waals surface area contributed by atoms with Gasteiger partial charge >= 0.3 is 0 Å². The van der Waals surface area contributed by atoms with Gasteiger partial charge < -0.3 is 10.6 Å². The molecule has 1 aromatic rings. The Bertz CT molecular complexity index is 257. The van der Waals surface area contributed by atoms with Crippen LogP contribution in [0.3, 0.4) is 0 Å². The maximum Gasteiger partial charge on any atom is 0.226 e. The number of amides is 1. The van der Waals surface area contributed by atoms with Crippen LogP contribution < -0.4 is 10.6 Å². The molecular weight excluding hydrogens is 168 g/mol. The highest BCUT2D eigenvalue weighted by Gasteiger charge is 2.06. The summed E-state index contributed by atoms with van der Waals surface area (Å²) in [6.45, 7) is 1.95. The van der Waals surface area contributed by atoms with Crippen LogP contribution in [0.2, 0.25) is 0 Å². The number of carbonyl (C=O) groups excluding carboxylic acids is 1. The summed E-state index contributed by atoms with van der Waals surface area (Å²) < 4.78 is 0. The fourth-order valence-electron chi connectivity index (χ4n) is 0.911. The Kier molecular flexibility index (Phi) is 3.45. The molecule has 0 spiro atoms. The van der Waals surface area contributed by atoms with Gasteiger partial charge in [0.05, 0.1) is 11.9 Å². The molecule has 5 nitrogen and oxygen atoms in total. The van der Waals surface area contributed by atoms with Crippen LogP contribution in [0.4, 0.5) is 5.69 Å². The van der Waals surface area contributed by atoms with Crippen LogP contribution in [-0.4, -0.2) is 29.2 Å². The van der Waals surface area contributed by atoms with Gasteiger partial charge in [-0.1, -0.05) is 0 Å². The highest BCUT2D eigenvalue weighted by Crippen LogP contribution is 2.02. The van der Waals surface area contributed by atoms with E-state index in [0.717, 1.165) is 0 Å². The van der Waals surface area contributed by atoms with Gasteiger partial charge in [-0.2, -0.15) is 5.10 Å². The molecule has 13 heavy (non-hydrogen) atoms. The minimum atomic E-state index is -0.0109. The van der Waals surface area contributed by atoms with Crippen LogP contribution in [0, 0.1) is 0 Å². The van der Waals surface area contributed by atoms with Gasteiger partial charge in [0, 0.05) is 18.7 Å². The van der Waals surface area contributed by atoms with Crippen molar-refractivity contribution < 1.29 is 4.79 Å². The zero-order valence-corrected chi connectivity index (χ0v) is 7.79. The Hall–Kier alpha value is -1.36. The molecule has 5 heteroatoms. The number of carbonyl (C=O) groups is 1. The Balaban J connectivity index is 2.34. The van der Waals surface area contributed by atoms with Crippen molar-refractivity contribution in [3.05, 3.63) is 12.4 Å². The Morgan fingerprint density at radius 1 is 1.77 bits per heavy atom. The third-order valence-electron chi connectivity index (χ3n) is 1.77. The average Bonchev–Trinajstić information content (AvgIpc) is 2.56. The van der Waals surface area contributed by atoms with Gasteiger partial charge in [-0.15, -0.1) is 0 Å². The standard InChI is InChI=1S/C8H14N4O/c1-6(9-2)3-8(13)12-7-4-10-11-5-7/h4-6,9H,3H2,1-2H3,(H,10,11)(H,12,13).